The molecule has 0 radical (unpaired) electrons. The zero-order valence-electron chi connectivity index (χ0n) is 18.0. The van der Waals surface area contributed by atoms with Crippen molar-refractivity contribution < 1.29 is 4.79 Å². The van der Waals surface area contributed by atoms with Crippen molar-refractivity contribution in [3.05, 3.63) is 82.5 Å². The Morgan fingerprint density at radius 3 is 2.70 bits per heavy atom. The fourth-order valence-corrected chi connectivity index (χ4v) is 3.82. The highest BCUT2D eigenvalue weighted by Gasteiger charge is 2.22. The van der Waals surface area contributed by atoms with Gasteiger partial charge in [-0.15, -0.1) is 0 Å². The summed E-state index contributed by atoms with van der Waals surface area (Å²) in [7, 11) is 0. The number of rotatable bonds is 5. The number of anilines is 2. The summed E-state index contributed by atoms with van der Waals surface area (Å²) in [6.45, 7) is 2.69. The molecule has 1 amide bonds. The zero-order chi connectivity index (χ0) is 23.2. The van der Waals surface area contributed by atoms with E-state index in [1.165, 1.54) is 0 Å². The van der Waals surface area contributed by atoms with Crippen LogP contribution in [0.1, 0.15) is 16.7 Å². The monoisotopic (exact) mass is 458 g/mol. The van der Waals surface area contributed by atoms with E-state index in [-0.39, 0.29) is 5.91 Å². The van der Waals surface area contributed by atoms with E-state index in [1.54, 1.807) is 42.7 Å². The molecule has 1 aromatic heterocycles. The second-order valence-corrected chi connectivity index (χ2v) is 8.20. The molecular weight excluding hydrogens is 436 g/mol. The molecule has 7 nitrogen and oxygen atoms in total. The first kappa shape index (κ1) is 22.3. The van der Waals surface area contributed by atoms with Crippen LogP contribution in [-0.2, 0) is 11.2 Å². The van der Waals surface area contributed by atoms with Crippen LogP contribution < -0.4 is 10.6 Å². The van der Waals surface area contributed by atoms with E-state index in [9.17, 15) is 4.79 Å². The Kier molecular flexibility index (Phi) is 6.86. The lowest BCUT2D eigenvalue weighted by Crippen LogP contribution is -2.49. The fraction of sp³-hybridized carbons (Fsp3) is 0.200. The van der Waals surface area contributed by atoms with Crippen LogP contribution in [0.3, 0.4) is 0 Å². The Morgan fingerprint density at radius 2 is 1.97 bits per heavy atom. The third kappa shape index (κ3) is 5.68. The largest absolute Gasteiger partial charge is 0.397 e. The van der Waals surface area contributed by atoms with Crippen molar-refractivity contribution in [3.8, 4) is 6.07 Å². The number of halogens is 1. The predicted molar refractivity (Wildman–Crippen MR) is 131 cm³/mol. The molecule has 0 spiro atoms. The van der Waals surface area contributed by atoms with E-state index in [0.717, 1.165) is 16.9 Å². The number of hydrogen-bond acceptors (Lipinski definition) is 6. The van der Waals surface area contributed by atoms with Gasteiger partial charge in [-0.05, 0) is 48.0 Å². The van der Waals surface area contributed by atoms with Crippen molar-refractivity contribution in [1.29, 1.82) is 5.26 Å². The predicted octanol–water partition coefficient (Wildman–Crippen LogP) is 3.83. The molecule has 1 saturated heterocycles. The molecule has 2 aromatic carbocycles. The molecule has 2 heterocycles. The normalized spacial score (nSPS) is 13.8. The molecule has 1 fully saturated rings. The Labute approximate surface area is 197 Å². The lowest BCUT2D eigenvalue weighted by molar-refractivity contribution is -0.130. The molecule has 8 heteroatoms. The highest BCUT2D eigenvalue weighted by molar-refractivity contribution is 6.31. The minimum absolute atomic E-state index is 0.0737. The first-order valence-corrected chi connectivity index (χ1v) is 11.0. The standard InChI is InChI=1S/C25H23ClN6O/c26-21-5-6-22(28)23(14-21)29-16-20-4-7-24(30-17-20)31-8-10-32(11-9-31)25(33)13-18-2-1-3-19(12-18)15-27/h1-7,12,14,16-17H,8-11,13,28H2. The number of benzene rings is 2. The number of nitrogens with two attached hydrogens (primary N) is 1. The van der Waals surface area contributed by atoms with Crippen LogP contribution >= 0.6 is 11.6 Å². The van der Waals surface area contributed by atoms with Gasteiger partial charge in [0.15, 0.2) is 0 Å². The van der Waals surface area contributed by atoms with Crippen LogP contribution in [0.25, 0.3) is 0 Å². The van der Waals surface area contributed by atoms with Crippen molar-refractivity contribution in [1.82, 2.24) is 9.88 Å². The minimum atomic E-state index is 0.0737. The lowest BCUT2D eigenvalue weighted by Gasteiger charge is -2.35. The van der Waals surface area contributed by atoms with Gasteiger partial charge in [0.25, 0.3) is 0 Å². The van der Waals surface area contributed by atoms with Gasteiger partial charge in [-0.1, -0.05) is 23.7 Å². The number of piperazine rings is 1. The van der Waals surface area contributed by atoms with E-state index in [2.05, 4.69) is 20.9 Å². The summed E-state index contributed by atoms with van der Waals surface area (Å²) in [5.74, 6) is 0.938. The number of aliphatic imine (C=N–C) groups is 1. The Bertz CT molecular complexity index is 1210. The van der Waals surface area contributed by atoms with E-state index >= 15 is 0 Å². The number of nitrogens with zero attached hydrogens (tertiary/aromatic N) is 5. The van der Waals surface area contributed by atoms with Gasteiger partial charge in [-0.25, -0.2) is 4.98 Å². The molecule has 1 aliphatic rings. The van der Waals surface area contributed by atoms with Gasteiger partial charge in [0.05, 0.1) is 29.4 Å². The average Bonchev–Trinajstić information content (AvgIpc) is 2.85. The first-order valence-electron chi connectivity index (χ1n) is 10.6. The maximum absolute atomic E-state index is 12.7. The van der Waals surface area contributed by atoms with Gasteiger partial charge in [-0.2, -0.15) is 5.26 Å². The van der Waals surface area contributed by atoms with Crippen molar-refractivity contribution in [2.45, 2.75) is 6.42 Å². The Balaban J connectivity index is 1.32. The summed E-state index contributed by atoms with van der Waals surface area (Å²) in [4.78, 5) is 25.7. The molecule has 3 aromatic rings. The van der Waals surface area contributed by atoms with Gasteiger partial charge >= 0.3 is 0 Å². The van der Waals surface area contributed by atoms with Gasteiger partial charge in [-0.3, -0.25) is 9.79 Å². The molecule has 166 valence electrons. The van der Waals surface area contributed by atoms with Crippen molar-refractivity contribution in [3.63, 3.8) is 0 Å². The maximum Gasteiger partial charge on any atom is 0.227 e. The summed E-state index contributed by atoms with van der Waals surface area (Å²) in [6.07, 6.45) is 3.77. The van der Waals surface area contributed by atoms with E-state index in [1.807, 2.05) is 29.2 Å². The van der Waals surface area contributed by atoms with E-state index < -0.39 is 0 Å². The number of carbonyl (C=O) groups excluding carboxylic acids is 1. The summed E-state index contributed by atoms with van der Waals surface area (Å²) in [6, 6.07) is 18.4. The summed E-state index contributed by atoms with van der Waals surface area (Å²) in [5, 5.41) is 9.61. The molecule has 0 aliphatic carbocycles. The lowest BCUT2D eigenvalue weighted by atomic mass is 10.1. The quantitative estimate of drug-likeness (QED) is 0.462. The highest BCUT2D eigenvalue weighted by atomic mass is 35.5. The smallest absolute Gasteiger partial charge is 0.227 e. The SMILES string of the molecule is N#Cc1cccc(CC(=O)N2CCN(c3ccc(C=Nc4cc(Cl)ccc4N)cn3)CC2)c1. The number of carbonyl (C=O) groups is 1. The topological polar surface area (TPSA) is 98.6 Å². The zero-order valence-corrected chi connectivity index (χ0v) is 18.7. The number of pyridine rings is 1. The molecule has 0 bridgehead atoms. The molecule has 2 N–H and O–H groups in total. The molecule has 0 saturated carbocycles. The highest BCUT2D eigenvalue weighted by Crippen LogP contribution is 2.25. The molecule has 1 aliphatic heterocycles. The number of nitriles is 1. The summed E-state index contributed by atoms with van der Waals surface area (Å²) in [5.41, 5.74) is 9.39. The summed E-state index contributed by atoms with van der Waals surface area (Å²) >= 11 is 6.00. The van der Waals surface area contributed by atoms with Crippen LogP contribution in [0.15, 0.2) is 65.8 Å². The molecular formula is C25H23ClN6O. The van der Waals surface area contributed by atoms with E-state index in [0.29, 0.717) is 54.6 Å². The third-order valence-electron chi connectivity index (χ3n) is 5.48. The second kappa shape index (κ2) is 10.2. The Hall–Kier alpha value is -3.89. The van der Waals surface area contributed by atoms with Crippen molar-refractivity contribution >= 4 is 40.9 Å². The number of amides is 1. The maximum atomic E-state index is 12.7. The van der Waals surface area contributed by atoms with Gasteiger partial charge in [0.2, 0.25) is 5.91 Å². The average molecular weight is 459 g/mol. The first-order chi connectivity index (χ1) is 16.0. The second-order valence-electron chi connectivity index (χ2n) is 7.77. The molecule has 0 atom stereocenters. The third-order valence-corrected chi connectivity index (χ3v) is 5.72. The van der Waals surface area contributed by atoms with Gasteiger partial charge < -0.3 is 15.5 Å². The fourth-order valence-electron chi connectivity index (χ4n) is 3.66. The minimum Gasteiger partial charge on any atom is -0.397 e. The van der Waals surface area contributed by atoms with Crippen LogP contribution in [0.4, 0.5) is 17.2 Å². The molecule has 33 heavy (non-hydrogen) atoms. The van der Waals surface area contributed by atoms with Crippen LogP contribution in [0.5, 0.6) is 0 Å². The van der Waals surface area contributed by atoms with Crippen LogP contribution in [0.2, 0.25) is 5.02 Å². The number of nitrogen functional groups attached to an aromatic ring is 1. The van der Waals surface area contributed by atoms with Crippen molar-refractivity contribution in [2.24, 2.45) is 4.99 Å². The number of hydrogen-bond donors (Lipinski definition) is 1. The van der Waals surface area contributed by atoms with Gasteiger partial charge in [0, 0.05) is 49.2 Å². The summed E-state index contributed by atoms with van der Waals surface area (Å²) < 4.78 is 0. The van der Waals surface area contributed by atoms with Gasteiger partial charge in [0.1, 0.15) is 5.82 Å². The molecule has 0 unspecified atom stereocenters. The van der Waals surface area contributed by atoms with E-state index in [4.69, 9.17) is 22.6 Å². The van der Waals surface area contributed by atoms with Crippen LogP contribution in [-0.4, -0.2) is 48.2 Å². The Morgan fingerprint density at radius 1 is 1.15 bits per heavy atom. The van der Waals surface area contributed by atoms with Crippen molar-refractivity contribution in [2.75, 3.05) is 36.8 Å². The van der Waals surface area contributed by atoms with Crippen LogP contribution in [0, 0.1) is 11.3 Å². The molecule has 4 rings (SSSR count). The number of aromatic nitrogens is 1.